The molecule has 0 radical (unpaired) electrons. The lowest BCUT2D eigenvalue weighted by molar-refractivity contribution is 0.617. The quantitative estimate of drug-likeness (QED) is 0.727. The topological polar surface area (TPSA) is 58.6 Å². The molecule has 1 heterocycles. The lowest BCUT2D eigenvalue weighted by Crippen LogP contribution is -2.14. The fourth-order valence-electron chi connectivity index (χ4n) is 1.98. The Bertz CT molecular complexity index is 866. The molecule has 0 aliphatic carbocycles. The molecule has 0 aliphatic rings. The summed E-state index contributed by atoms with van der Waals surface area (Å²) in [6.07, 6.45) is 0. The zero-order valence-electron chi connectivity index (χ0n) is 11.8. The molecule has 23 heavy (non-hydrogen) atoms. The van der Waals surface area contributed by atoms with Crippen molar-refractivity contribution in [1.29, 1.82) is 0 Å². The van der Waals surface area contributed by atoms with Crippen LogP contribution >= 0.6 is 23.4 Å². The molecule has 0 unspecified atom stereocenters. The van der Waals surface area contributed by atoms with Crippen LogP contribution in [0.5, 0.6) is 0 Å². The van der Waals surface area contributed by atoms with Gasteiger partial charge in [-0.1, -0.05) is 59.8 Å². The third kappa shape index (κ3) is 3.60. The van der Waals surface area contributed by atoms with Gasteiger partial charge in [0.05, 0.1) is 0 Å². The number of H-pyrrole nitrogens is 1. The van der Waals surface area contributed by atoms with Gasteiger partial charge in [-0.25, -0.2) is 4.39 Å². The minimum absolute atomic E-state index is 0.249. The van der Waals surface area contributed by atoms with Gasteiger partial charge >= 0.3 is 0 Å². The number of hydrogen-bond donors (Lipinski definition) is 1. The van der Waals surface area contributed by atoms with E-state index < -0.39 is 0 Å². The lowest BCUT2D eigenvalue weighted by Gasteiger charge is -2.05. The number of nitrogens with zero attached hydrogens (tertiary/aromatic N) is 2. The molecule has 0 bridgehead atoms. The number of nitrogens with one attached hydrogen (secondary N) is 1. The Balaban J connectivity index is 1.80. The van der Waals surface area contributed by atoms with Crippen LogP contribution in [-0.4, -0.2) is 15.2 Å². The fraction of sp³-hybridized carbons (Fsp3) is 0.0625. The molecule has 0 aliphatic heterocycles. The molecule has 1 N–H and O–H groups in total. The Morgan fingerprint density at radius 1 is 1.09 bits per heavy atom. The van der Waals surface area contributed by atoms with Crippen LogP contribution < -0.4 is 5.56 Å². The van der Waals surface area contributed by atoms with Gasteiger partial charge in [0, 0.05) is 21.9 Å². The average molecular weight is 348 g/mol. The smallest absolute Gasteiger partial charge is 0.278 e. The normalized spacial score (nSPS) is 10.7. The fourth-order valence-corrected chi connectivity index (χ4v) is 3.13. The number of thioether (sulfide) groups is 1. The summed E-state index contributed by atoms with van der Waals surface area (Å²) in [7, 11) is 0. The van der Waals surface area contributed by atoms with Crippen molar-refractivity contribution in [3.63, 3.8) is 0 Å². The molecule has 0 saturated carbocycles. The van der Waals surface area contributed by atoms with Crippen molar-refractivity contribution in [2.45, 2.75) is 10.9 Å². The maximum absolute atomic E-state index is 13.7. The third-order valence-corrected chi connectivity index (χ3v) is 4.38. The highest BCUT2D eigenvalue weighted by atomic mass is 35.5. The Labute approximate surface area is 140 Å². The summed E-state index contributed by atoms with van der Waals surface area (Å²) in [5.74, 6) is -0.137. The van der Waals surface area contributed by atoms with Crippen LogP contribution in [0.15, 0.2) is 58.5 Å². The first-order valence-electron chi connectivity index (χ1n) is 6.73. The zero-order chi connectivity index (χ0) is 16.2. The molecule has 3 aromatic rings. The molecule has 0 fully saturated rings. The number of aromatic amines is 1. The Hall–Kier alpha value is -2.18. The second-order valence-corrected chi connectivity index (χ2v) is 6.03. The highest BCUT2D eigenvalue weighted by molar-refractivity contribution is 7.98. The van der Waals surface area contributed by atoms with E-state index in [4.69, 9.17) is 11.6 Å². The van der Waals surface area contributed by atoms with E-state index in [2.05, 4.69) is 15.2 Å². The van der Waals surface area contributed by atoms with Crippen molar-refractivity contribution in [2.75, 3.05) is 0 Å². The molecule has 1 aromatic heterocycles. The molecule has 0 spiro atoms. The minimum atomic E-state index is -0.388. The highest BCUT2D eigenvalue weighted by Crippen LogP contribution is 2.26. The van der Waals surface area contributed by atoms with Gasteiger partial charge in [-0.05, 0) is 12.1 Å². The standard InChI is InChI=1S/C16H11ClFN3OS/c17-12-7-4-8-13(18)11(12)9-23-16-19-15(22)14(20-21-16)10-5-2-1-3-6-10/h1-8H,9H2,(H,19,21,22). The zero-order valence-corrected chi connectivity index (χ0v) is 13.4. The van der Waals surface area contributed by atoms with Gasteiger partial charge in [0.1, 0.15) is 5.82 Å². The summed E-state index contributed by atoms with van der Waals surface area (Å²) >= 11 is 7.14. The first-order chi connectivity index (χ1) is 11.1. The van der Waals surface area contributed by atoms with E-state index in [1.165, 1.54) is 17.8 Å². The first-order valence-corrected chi connectivity index (χ1v) is 8.09. The van der Waals surface area contributed by atoms with Gasteiger partial charge in [0.25, 0.3) is 5.56 Å². The summed E-state index contributed by atoms with van der Waals surface area (Å²) in [6.45, 7) is 0. The van der Waals surface area contributed by atoms with Gasteiger partial charge < -0.3 is 0 Å². The van der Waals surface area contributed by atoms with E-state index in [-0.39, 0.29) is 22.8 Å². The van der Waals surface area contributed by atoms with E-state index >= 15 is 0 Å². The lowest BCUT2D eigenvalue weighted by atomic mass is 10.2. The second kappa shape index (κ2) is 6.93. The van der Waals surface area contributed by atoms with Crippen LogP contribution in [0.4, 0.5) is 4.39 Å². The van der Waals surface area contributed by atoms with E-state index in [0.29, 0.717) is 21.3 Å². The molecule has 0 atom stereocenters. The van der Waals surface area contributed by atoms with Crippen LogP contribution in [0.2, 0.25) is 5.02 Å². The van der Waals surface area contributed by atoms with Crippen molar-refractivity contribution in [3.05, 3.63) is 75.3 Å². The summed E-state index contributed by atoms with van der Waals surface area (Å²) < 4.78 is 13.7. The van der Waals surface area contributed by atoms with Gasteiger partial charge in [-0.2, -0.15) is 0 Å². The SMILES string of the molecule is O=c1[nH]c(SCc2c(F)cccc2Cl)nnc1-c1ccccc1. The second-order valence-electron chi connectivity index (χ2n) is 4.66. The summed E-state index contributed by atoms with van der Waals surface area (Å²) in [6, 6.07) is 13.6. The summed E-state index contributed by atoms with van der Waals surface area (Å²) in [5, 5.41) is 8.60. The van der Waals surface area contributed by atoms with Crippen LogP contribution in [-0.2, 0) is 5.75 Å². The molecule has 7 heteroatoms. The number of aromatic nitrogens is 3. The average Bonchev–Trinajstić information content (AvgIpc) is 2.55. The van der Waals surface area contributed by atoms with Crippen molar-refractivity contribution < 1.29 is 4.39 Å². The maximum Gasteiger partial charge on any atom is 0.278 e. The Morgan fingerprint density at radius 3 is 2.57 bits per heavy atom. The third-order valence-electron chi connectivity index (χ3n) is 3.14. The number of benzene rings is 2. The monoisotopic (exact) mass is 347 g/mol. The van der Waals surface area contributed by atoms with Gasteiger partial charge in [0.15, 0.2) is 10.9 Å². The largest absolute Gasteiger partial charge is 0.298 e. The van der Waals surface area contributed by atoms with Crippen LogP contribution in [0.1, 0.15) is 5.56 Å². The minimum Gasteiger partial charge on any atom is -0.298 e. The summed E-state index contributed by atoms with van der Waals surface area (Å²) in [5.41, 5.74) is 0.969. The van der Waals surface area contributed by atoms with E-state index in [1.54, 1.807) is 24.3 Å². The molecular weight excluding hydrogens is 337 g/mol. The van der Waals surface area contributed by atoms with Crippen molar-refractivity contribution in [3.8, 4) is 11.3 Å². The van der Waals surface area contributed by atoms with Crippen LogP contribution in [0, 0.1) is 5.82 Å². The first kappa shape index (κ1) is 15.7. The van der Waals surface area contributed by atoms with Gasteiger partial charge in [-0.15, -0.1) is 10.2 Å². The Morgan fingerprint density at radius 2 is 1.87 bits per heavy atom. The predicted octanol–water partition coefficient (Wildman–Crippen LogP) is 3.92. The van der Waals surface area contributed by atoms with Crippen LogP contribution in [0.3, 0.4) is 0 Å². The number of hydrogen-bond acceptors (Lipinski definition) is 4. The van der Waals surface area contributed by atoms with Crippen LogP contribution in [0.25, 0.3) is 11.3 Å². The molecule has 2 aromatic carbocycles. The number of rotatable bonds is 4. The molecule has 116 valence electrons. The molecule has 3 rings (SSSR count). The molecule has 4 nitrogen and oxygen atoms in total. The van der Waals surface area contributed by atoms with E-state index in [0.717, 1.165) is 0 Å². The molecule has 0 saturated heterocycles. The number of halogens is 2. The Kier molecular flexibility index (Phi) is 4.73. The van der Waals surface area contributed by atoms with Crippen molar-refractivity contribution >= 4 is 23.4 Å². The van der Waals surface area contributed by atoms with E-state index in [9.17, 15) is 9.18 Å². The maximum atomic E-state index is 13.7. The van der Waals surface area contributed by atoms with E-state index in [1.807, 2.05) is 18.2 Å². The summed E-state index contributed by atoms with van der Waals surface area (Å²) in [4.78, 5) is 14.8. The van der Waals surface area contributed by atoms with Gasteiger partial charge in [0.2, 0.25) is 0 Å². The van der Waals surface area contributed by atoms with Crippen molar-refractivity contribution in [1.82, 2.24) is 15.2 Å². The molecule has 0 amide bonds. The van der Waals surface area contributed by atoms with Gasteiger partial charge in [-0.3, -0.25) is 9.78 Å². The highest BCUT2D eigenvalue weighted by Gasteiger charge is 2.11. The predicted molar refractivity (Wildman–Crippen MR) is 89.1 cm³/mol. The van der Waals surface area contributed by atoms with Crippen molar-refractivity contribution in [2.24, 2.45) is 0 Å². The molecular formula is C16H11ClFN3OS.